The van der Waals surface area contributed by atoms with Crippen LogP contribution in [0.4, 0.5) is 5.69 Å². The molecule has 1 atom stereocenters. The lowest BCUT2D eigenvalue weighted by Gasteiger charge is -2.10. The highest BCUT2D eigenvalue weighted by Gasteiger charge is 2.18. The Hall–Kier alpha value is -2.44. The van der Waals surface area contributed by atoms with Gasteiger partial charge in [0, 0.05) is 17.7 Å². The van der Waals surface area contributed by atoms with Gasteiger partial charge in [-0.2, -0.15) is 0 Å². The van der Waals surface area contributed by atoms with Crippen LogP contribution in [0.1, 0.15) is 22.8 Å². The average Bonchev–Trinajstić information content (AvgIpc) is 2.28. The SMILES string of the molecule is Cc1cc([N+](=O)[O-])ccc1C(=O)NC(C)C(=O)O. The lowest BCUT2D eigenvalue weighted by molar-refractivity contribution is -0.384. The van der Waals surface area contributed by atoms with E-state index in [1.165, 1.54) is 25.1 Å². The third kappa shape index (κ3) is 3.03. The number of aliphatic carboxylic acids is 1. The summed E-state index contributed by atoms with van der Waals surface area (Å²) >= 11 is 0. The number of hydrogen-bond donors (Lipinski definition) is 2. The zero-order chi connectivity index (χ0) is 13.9. The summed E-state index contributed by atoms with van der Waals surface area (Å²) in [6, 6.07) is 2.75. The third-order valence-electron chi connectivity index (χ3n) is 2.38. The van der Waals surface area contributed by atoms with Gasteiger partial charge in [-0.15, -0.1) is 0 Å². The van der Waals surface area contributed by atoms with Gasteiger partial charge < -0.3 is 10.4 Å². The zero-order valence-corrected chi connectivity index (χ0v) is 9.84. The molecule has 0 aliphatic rings. The highest BCUT2D eigenvalue weighted by Crippen LogP contribution is 2.17. The number of nitro benzene ring substituents is 1. The van der Waals surface area contributed by atoms with E-state index in [4.69, 9.17) is 5.11 Å². The highest BCUT2D eigenvalue weighted by atomic mass is 16.6. The van der Waals surface area contributed by atoms with Gasteiger partial charge >= 0.3 is 5.97 Å². The molecule has 1 aromatic carbocycles. The van der Waals surface area contributed by atoms with Gasteiger partial charge in [-0.3, -0.25) is 19.7 Å². The van der Waals surface area contributed by atoms with E-state index in [-0.39, 0.29) is 11.3 Å². The molecule has 7 nitrogen and oxygen atoms in total. The summed E-state index contributed by atoms with van der Waals surface area (Å²) in [6.45, 7) is 2.88. The van der Waals surface area contributed by atoms with Crippen LogP contribution in [0.15, 0.2) is 18.2 Å². The van der Waals surface area contributed by atoms with Crippen molar-refractivity contribution >= 4 is 17.6 Å². The van der Waals surface area contributed by atoms with Crippen LogP contribution in [0.5, 0.6) is 0 Å². The second kappa shape index (κ2) is 5.26. The predicted octanol–water partition coefficient (Wildman–Crippen LogP) is 1.11. The Labute approximate surface area is 103 Å². The molecule has 0 radical (unpaired) electrons. The highest BCUT2D eigenvalue weighted by molar-refractivity contribution is 5.97. The van der Waals surface area contributed by atoms with E-state index >= 15 is 0 Å². The monoisotopic (exact) mass is 252 g/mol. The second-order valence-electron chi connectivity index (χ2n) is 3.79. The van der Waals surface area contributed by atoms with E-state index in [9.17, 15) is 19.7 Å². The maximum atomic E-state index is 11.7. The smallest absolute Gasteiger partial charge is 0.325 e. The van der Waals surface area contributed by atoms with Gasteiger partial charge in [-0.1, -0.05) is 0 Å². The molecule has 1 aromatic rings. The first-order valence-corrected chi connectivity index (χ1v) is 5.11. The van der Waals surface area contributed by atoms with Gasteiger partial charge in [0.25, 0.3) is 11.6 Å². The summed E-state index contributed by atoms with van der Waals surface area (Å²) in [5.74, 6) is -1.72. The summed E-state index contributed by atoms with van der Waals surface area (Å²) in [6.07, 6.45) is 0. The van der Waals surface area contributed by atoms with Gasteiger partial charge in [0.1, 0.15) is 6.04 Å². The van der Waals surface area contributed by atoms with Crippen LogP contribution in [0.25, 0.3) is 0 Å². The molecule has 2 N–H and O–H groups in total. The minimum atomic E-state index is -1.15. The van der Waals surface area contributed by atoms with Crippen LogP contribution in [-0.2, 0) is 4.79 Å². The Balaban J connectivity index is 2.94. The first kappa shape index (κ1) is 13.6. The summed E-state index contributed by atoms with van der Waals surface area (Å²) < 4.78 is 0. The maximum Gasteiger partial charge on any atom is 0.325 e. The Kier molecular flexibility index (Phi) is 3.98. The average molecular weight is 252 g/mol. The minimum absolute atomic E-state index is 0.115. The standard InChI is InChI=1S/C11H12N2O5/c1-6-5-8(13(17)18)3-4-9(6)10(14)12-7(2)11(15)16/h3-5,7H,1-2H3,(H,12,14)(H,15,16). The Morgan fingerprint density at radius 3 is 2.50 bits per heavy atom. The summed E-state index contributed by atoms with van der Waals surface area (Å²) in [4.78, 5) is 32.3. The fourth-order valence-corrected chi connectivity index (χ4v) is 1.35. The fraction of sp³-hybridized carbons (Fsp3) is 0.273. The summed E-state index contributed by atoms with van der Waals surface area (Å²) in [5, 5.41) is 21.5. The van der Waals surface area contributed by atoms with Crippen LogP contribution in [0.3, 0.4) is 0 Å². The van der Waals surface area contributed by atoms with Crippen LogP contribution < -0.4 is 5.32 Å². The predicted molar refractivity (Wildman–Crippen MR) is 62.4 cm³/mol. The first-order valence-electron chi connectivity index (χ1n) is 5.11. The van der Waals surface area contributed by atoms with E-state index < -0.39 is 22.8 Å². The Morgan fingerprint density at radius 1 is 1.44 bits per heavy atom. The minimum Gasteiger partial charge on any atom is -0.480 e. The lowest BCUT2D eigenvalue weighted by atomic mass is 10.1. The quantitative estimate of drug-likeness (QED) is 0.616. The molecule has 0 aliphatic heterocycles. The topological polar surface area (TPSA) is 110 Å². The first-order chi connectivity index (χ1) is 8.32. The molecule has 1 rings (SSSR count). The number of carbonyl (C=O) groups is 2. The van der Waals surface area contributed by atoms with Crippen LogP contribution in [0, 0.1) is 17.0 Å². The fourth-order valence-electron chi connectivity index (χ4n) is 1.35. The van der Waals surface area contributed by atoms with E-state index in [2.05, 4.69) is 5.32 Å². The lowest BCUT2D eigenvalue weighted by Crippen LogP contribution is -2.38. The van der Waals surface area contributed by atoms with Crippen molar-refractivity contribution in [2.75, 3.05) is 0 Å². The molecule has 0 fully saturated rings. The van der Waals surface area contributed by atoms with Gasteiger partial charge in [0.05, 0.1) is 4.92 Å². The largest absolute Gasteiger partial charge is 0.480 e. The van der Waals surface area contributed by atoms with Gasteiger partial charge in [0.2, 0.25) is 0 Å². The molecule has 0 heterocycles. The van der Waals surface area contributed by atoms with E-state index in [0.29, 0.717) is 5.56 Å². The number of aryl methyl sites for hydroxylation is 1. The molecule has 0 bridgehead atoms. The van der Waals surface area contributed by atoms with E-state index in [0.717, 1.165) is 0 Å². The number of carbonyl (C=O) groups excluding carboxylic acids is 1. The number of carboxylic acids is 1. The molecule has 0 spiro atoms. The molecule has 0 aromatic heterocycles. The molecule has 7 heteroatoms. The number of hydrogen-bond acceptors (Lipinski definition) is 4. The molecule has 18 heavy (non-hydrogen) atoms. The molecular weight excluding hydrogens is 240 g/mol. The van der Waals surface area contributed by atoms with E-state index in [1.54, 1.807) is 6.92 Å². The number of nitrogens with one attached hydrogen (secondary N) is 1. The van der Waals surface area contributed by atoms with E-state index in [1.807, 2.05) is 0 Å². The molecule has 1 unspecified atom stereocenters. The van der Waals surface area contributed by atoms with Crippen LogP contribution in [-0.4, -0.2) is 27.9 Å². The number of rotatable bonds is 4. The maximum absolute atomic E-state index is 11.7. The van der Waals surface area contributed by atoms with Crippen molar-refractivity contribution in [3.8, 4) is 0 Å². The Morgan fingerprint density at radius 2 is 2.06 bits per heavy atom. The number of amides is 1. The van der Waals surface area contributed by atoms with Crippen molar-refractivity contribution in [3.05, 3.63) is 39.4 Å². The number of nitrogens with zero attached hydrogens (tertiary/aromatic N) is 1. The second-order valence-corrected chi connectivity index (χ2v) is 3.79. The molecule has 0 saturated heterocycles. The van der Waals surface area contributed by atoms with Crippen molar-refractivity contribution < 1.29 is 19.6 Å². The Bertz CT molecular complexity index is 512. The van der Waals surface area contributed by atoms with Gasteiger partial charge in [-0.05, 0) is 25.5 Å². The van der Waals surface area contributed by atoms with Crippen molar-refractivity contribution in [1.82, 2.24) is 5.32 Å². The van der Waals surface area contributed by atoms with Gasteiger partial charge in [-0.25, -0.2) is 0 Å². The third-order valence-corrected chi connectivity index (χ3v) is 2.38. The molecular formula is C11H12N2O5. The summed E-state index contributed by atoms with van der Waals surface area (Å²) in [7, 11) is 0. The molecule has 1 amide bonds. The van der Waals surface area contributed by atoms with Crippen molar-refractivity contribution in [1.29, 1.82) is 0 Å². The number of nitro groups is 1. The number of benzene rings is 1. The zero-order valence-electron chi connectivity index (χ0n) is 9.84. The van der Waals surface area contributed by atoms with Crippen molar-refractivity contribution in [2.45, 2.75) is 19.9 Å². The number of carboxylic acid groups (broad SMARTS) is 1. The van der Waals surface area contributed by atoms with Crippen molar-refractivity contribution in [3.63, 3.8) is 0 Å². The van der Waals surface area contributed by atoms with Gasteiger partial charge in [0.15, 0.2) is 0 Å². The number of non-ortho nitro benzene ring substituents is 1. The molecule has 0 saturated carbocycles. The molecule has 96 valence electrons. The van der Waals surface area contributed by atoms with Crippen LogP contribution in [0.2, 0.25) is 0 Å². The van der Waals surface area contributed by atoms with Crippen molar-refractivity contribution in [2.24, 2.45) is 0 Å². The normalized spacial score (nSPS) is 11.7. The van der Waals surface area contributed by atoms with Crippen LogP contribution >= 0.6 is 0 Å². The summed E-state index contributed by atoms with van der Waals surface area (Å²) in [5.41, 5.74) is 0.517. The molecule has 0 aliphatic carbocycles.